The molecule has 0 aromatic heterocycles. The highest BCUT2D eigenvalue weighted by atomic mass is 32.2. The predicted molar refractivity (Wildman–Crippen MR) is 73.5 cm³/mol. The summed E-state index contributed by atoms with van der Waals surface area (Å²) in [7, 11) is -1.52. The monoisotopic (exact) mass is 268 g/mol. The molecule has 1 atom stereocenters. The standard InChI is InChI=1S/C13H20N2O2S/c1-10(12-4-3-5-13(14)8-12)15(2)18(16,17)9-11-6-7-11/h3-5,8,10-11H,6-7,9,14H2,1-2H3. The van der Waals surface area contributed by atoms with E-state index < -0.39 is 10.0 Å². The minimum atomic E-state index is -3.16. The molecule has 0 radical (unpaired) electrons. The third-order valence-electron chi connectivity index (χ3n) is 3.52. The topological polar surface area (TPSA) is 63.4 Å². The van der Waals surface area contributed by atoms with Crippen LogP contribution in [-0.4, -0.2) is 25.5 Å². The molecule has 1 aliphatic rings. The van der Waals surface area contributed by atoms with Gasteiger partial charge in [-0.1, -0.05) is 12.1 Å². The normalized spacial score (nSPS) is 17.9. The first-order chi connectivity index (χ1) is 8.40. The van der Waals surface area contributed by atoms with Crippen LogP contribution in [0.1, 0.15) is 31.4 Å². The molecule has 0 saturated heterocycles. The van der Waals surface area contributed by atoms with E-state index in [2.05, 4.69) is 0 Å². The number of rotatable bonds is 5. The zero-order valence-electron chi connectivity index (χ0n) is 10.8. The Hall–Kier alpha value is -1.07. The Morgan fingerprint density at radius 1 is 1.44 bits per heavy atom. The molecule has 1 unspecified atom stereocenters. The van der Waals surface area contributed by atoms with Gasteiger partial charge in [-0.05, 0) is 43.4 Å². The van der Waals surface area contributed by atoms with E-state index in [1.54, 1.807) is 13.1 Å². The first-order valence-corrected chi connectivity index (χ1v) is 7.82. The van der Waals surface area contributed by atoms with Crippen LogP contribution >= 0.6 is 0 Å². The molecule has 1 aromatic rings. The van der Waals surface area contributed by atoms with Gasteiger partial charge in [0.15, 0.2) is 0 Å². The van der Waals surface area contributed by atoms with Gasteiger partial charge in [0.05, 0.1) is 5.75 Å². The van der Waals surface area contributed by atoms with Gasteiger partial charge in [-0.3, -0.25) is 0 Å². The van der Waals surface area contributed by atoms with Gasteiger partial charge < -0.3 is 5.73 Å². The van der Waals surface area contributed by atoms with Crippen LogP contribution in [0.15, 0.2) is 24.3 Å². The summed E-state index contributed by atoms with van der Waals surface area (Å²) in [5.41, 5.74) is 7.32. The number of sulfonamides is 1. The van der Waals surface area contributed by atoms with E-state index in [0.717, 1.165) is 18.4 Å². The largest absolute Gasteiger partial charge is 0.399 e. The summed E-state index contributed by atoms with van der Waals surface area (Å²) in [4.78, 5) is 0. The molecular formula is C13H20N2O2S. The summed E-state index contributed by atoms with van der Waals surface area (Å²) in [6, 6.07) is 7.20. The maximum absolute atomic E-state index is 12.2. The van der Waals surface area contributed by atoms with Crippen molar-refractivity contribution >= 4 is 15.7 Å². The molecule has 0 heterocycles. The van der Waals surface area contributed by atoms with E-state index in [4.69, 9.17) is 5.73 Å². The second-order valence-electron chi connectivity index (χ2n) is 5.08. The van der Waals surface area contributed by atoms with E-state index in [9.17, 15) is 8.42 Å². The lowest BCUT2D eigenvalue weighted by atomic mass is 10.1. The maximum Gasteiger partial charge on any atom is 0.214 e. The molecule has 0 bridgehead atoms. The fraction of sp³-hybridized carbons (Fsp3) is 0.538. The molecule has 100 valence electrons. The van der Waals surface area contributed by atoms with Crippen molar-refractivity contribution in [1.29, 1.82) is 0 Å². The van der Waals surface area contributed by atoms with E-state index in [1.807, 2.05) is 25.1 Å². The number of nitrogens with zero attached hydrogens (tertiary/aromatic N) is 1. The summed E-state index contributed by atoms with van der Waals surface area (Å²) in [5.74, 6) is 0.640. The average Bonchev–Trinajstić information content (AvgIpc) is 3.10. The first-order valence-electron chi connectivity index (χ1n) is 6.21. The Bertz CT molecular complexity index is 524. The molecule has 0 spiro atoms. The third-order valence-corrected chi connectivity index (χ3v) is 5.61. The first kappa shape index (κ1) is 13.4. The smallest absolute Gasteiger partial charge is 0.214 e. The molecule has 0 amide bonds. The lowest BCUT2D eigenvalue weighted by Gasteiger charge is -2.24. The minimum Gasteiger partial charge on any atom is -0.399 e. The summed E-state index contributed by atoms with van der Waals surface area (Å²) >= 11 is 0. The van der Waals surface area contributed by atoms with Crippen molar-refractivity contribution in [3.8, 4) is 0 Å². The van der Waals surface area contributed by atoms with Crippen molar-refractivity contribution in [3.63, 3.8) is 0 Å². The van der Waals surface area contributed by atoms with Gasteiger partial charge in [0.25, 0.3) is 0 Å². The number of hydrogen-bond donors (Lipinski definition) is 1. The van der Waals surface area contributed by atoms with Gasteiger partial charge in [0.1, 0.15) is 0 Å². The third kappa shape index (κ3) is 3.03. The highest BCUT2D eigenvalue weighted by Gasteiger charge is 2.32. The fourth-order valence-corrected chi connectivity index (χ4v) is 3.74. The molecular weight excluding hydrogens is 248 g/mol. The van der Waals surface area contributed by atoms with Gasteiger partial charge >= 0.3 is 0 Å². The molecule has 5 heteroatoms. The van der Waals surface area contributed by atoms with E-state index >= 15 is 0 Å². The van der Waals surface area contributed by atoms with Crippen molar-refractivity contribution in [3.05, 3.63) is 29.8 Å². The second-order valence-corrected chi connectivity index (χ2v) is 7.16. The van der Waals surface area contributed by atoms with Gasteiger partial charge in [0.2, 0.25) is 10.0 Å². The Morgan fingerprint density at radius 3 is 2.67 bits per heavy atom. The number of benzene rings is 1. The molecule has 2 N–H and O–H groups in total. The molecule has 0 aliphatic heterocycles. The fourth-order valence-electron chi connectivity index (χ4n) is 1.97. The van der Waals surface area contributed by atoms with Crippen LogP contribution in [-0.2, 0) is 10.0 Å². The SMILES string of the molecule is CC(c1cccc(N)c1)N(C)S(=O)(=O)CC1CC1. The Kier molecular flexibility index (Phi) is 3.64. The number of nitrogens with two attached hydrogens (primary N) is 1. The van der Waals surface area contributed by atoms with Crippen molar-refractivity contribution in [2.75, 3.05) is 18.5 Å². The van der Waals surface area contributed by atoms with Crippen molar-refractivity contribution in [2.45, 2.75) is 25.8 Å². The Balaban J connectivity index is 2.14. The van der Waals surface area contributed by atoms with Crippen LogP contribution in [0.5, 0.6) is 0 Å². The van der Waals surface area contributed by atoms with Crippen LogP contribution in [0.2, 0.25) is 0 Å². The average molecular weight is 268 g/mol. The lowest BCUT2D eigenvalue weighted by Crippen LogP contribution is -2.32. The van der Waals surface area contributed by atoms with Crippen LogP contribution in [0, 0.1) is 5.92 Å². The molecule has 2 rings (SSSR count). The van der Waals surface area contributed by atoms with Crippen LogP contribution in [0.4, 0.5) is 5.69 Å². The van der Waals surface area contributed by atoms with Gasteiger partial charge in [-0.15, -0.1) is 0 Å². The number of nitrogen functional groups attached to an aromatic ring is 1. The van der Waals surface area contributed by atoms with Gasteiger partial charge in [0, 0.05) is 18.8 Å². The maximum atomic E-state index is 12.2. The quantitative estimate of drug-likeness (QED) is 0.831. The van der Waals surface area contributed by atoms with E-state index in [0.29, 0.717) is 11.6 Å². The molecule has 18 heavy (non-hydrogen) atoms. The summed E-state index contributed by atoms with van der Waals surface area (Å²) in [6.45, 7) is 1.89. The molecule has 1 saturated carbocycles. The highest BCUT2D eigenvalue weighted by Crippen LogP contribution is 2.32. The highest BCUT2D eigenvalue weighted by molar-refractivity contribution is 7.89. The second kappa shape index (κ2) is 4.90. The summed E-state index contributed by atoms with van der Waals surface area (Å²) in [5, 5.41) is 0. The number of anilines is 1. The number of hydrogen-bond acceptors (Lipinski definition) is 3. The molecule has 4 nitrogen and oxygen atoms in total. The molecule has 1 aromatic carbocycles. The van der Waals surface area contributed by atoms with E-state index in [-0.39, 0.29) is 11.8 Å². The minimum absolute atomic E-state index is 0.183. The zero-order valence-corrected chi connectivity index (χ0v) is 11.7. The summed E-state index contributed by atoms with van der Waals surface area (Å²) in [6.07, 6.45) is 2.08. The Morgan fingerprint density at radius 2 is 2.11 bits per heavy atom. The summed E-state index contributed by atoms with van der Waals surface area (Å²) < 4.78 is 25.8. The Labute approximate surface area is 109 Å². The van der Waals surface area contributed by atoms with Crippen molar-refractivity contribution < 1.29 is 8.42 Å². The van der Waals surface area contributed by atoms with Crippen LogP contribution < -0.4 is 5.73 Å². The van der Waals surface area contributed by atoms with Crippen LogP contribution in [0.25, 0.3) is 0 Å². The molecule has 1 fully saturated rings. The zero-order chi connectivity index (χ0) is 13.3. The van der Waals surface area contributed by atoms with Gasteiger partial charge in [-0.2, -0.15) is 4.31 Å². The van der Waals surface area contributed by atoms with Crippen molar-refractivity contribution in [2.24, 2.45) is 5.92 Å². The van der Waals surface area contributed by atoms with E-state index in [1.165, 1.54) is 4.31 Å². The predicted octanol–water partition coefficient (Wildman–Crippen LogP) is 2.00. The van der Waals surface area contributed by atoms with Crippen molar-refractivity contribution in [1.82, 2.24) is 4.31 Å². The van der Waals surface area contributed by atoms with Crippen LogP contribution in [0.3, 0.4) is 0 Å². The molecule has 1 aliphatic carbocycles. The lowest BCUT2D eigenvalue weighted by molar-refractivity contribution is 0.397. The van der Waals surface area contributed by atoms with Gasteiger partial charge in [-0.25, -0.2) is 8.42 Å².